The second kappa shape index (κ2) is 4.55. The summed E-state index contributed by atoms with van der Waals surface area (Å²) in [5.74, 6) is 0.385. The minimum Gasteiger partial charge on any atom is -0.493 e. The molecule has 3 nitrogen and oxygen atoms in total. The monoisotopic (exact) mass is 287 g/mol. The molecule has 1 aromatic carbocycles. The van der Waals surface area contributed by atoms with Gasteiger partial charge in [0.25, 0.3) is 0 Å². The molecule has 0 amide bonds. The molecule has 2 aliphatic heterocycles. The van der Waals surface area contributed by atoms with Gasteiger partial charge in [-0.05, 0) is 13.3 Å². The number of nitrogens with two attached hydrogens (primary N) is 1. The molecular weight excluding hydrogens is 271 g/mol. The van der Waals surface area contributed by atoms with Crippen molar-refractivity contribution in [1.29, 1.82) is 0 Å². The zero-order valence-electron chi connectivity index (χ0n) is 11.1. The normalized spacial score (nSPS) is 18.2. The van der Waals surface area contributed by atoms with Gasteiger partial charge in [0.2, 0.25) is 0 Å². The van der Waals surface area contributed by atoms with Gasteiger partial charge < -0.3 is 15.2 Å². The van der Waals surface area contributed by atoms with E-state index in [0.717, 1.165) is 5.56 Å². The SMILES string of the molecule is CC(N)Cc1c2c(c(C(F)(F)F)c3c1OCC3)OCC2. The molecule has 2 heterocycles. The van der Waals surface area contributed by atoms with Crippen LogP contribution < -0.4 is 15.2 Å². The van der Waals surface area contributed by atoms with Gasteiger partial charge in [-0.25, -0.2) is 0 Å². The number of alkyl halides is 3. The third-order valence-corrected chi connectivity index (χ3v) is 3.72. The van der Waals surface area contributed by atoms with Crippen molar-refractivity contribution in [3.05, 3.63) is 22.3 Å². The van der Waals surface area contributed by atoms with E-state index in [2.05, 4.69) is 0 Å². The van der Waals surface area contributed by atoms with Crippen LogP contribution in [-0.2, 0) is 25.4 Å². The van der Waals surface area contributed by atoms with E-state index in [1.54, 1.807) is 0 Å². The lowest BCUT2D eigenvalue weighted by atomic mass is 9.91. The zero-order valence-corrected chi connectivity index (χ0v) is 11.1. The van der Waals surface area contributed by atoms with Gasteiger partial charge in [-0.3, -0.25) is 0 Å². The maximum absolute atomic E-state index is 13.3. The van der Waals surface area contributed by atoms with Crippen LogP contribution in [0.3, 0.4) is 0 Å². The number of hydrogen-bond donors (Lipinski definition) is 1. The lowest BCUT2D eigenvalue weighted by Gasteiger charge is -2.20. The first-order valence-electron chi connectivity index (χ1n) is 6.68. The van der Waals surface area contributed by atoms with E-state index in [-0.39, 0.29) is 37.0 Å². The van der Waals surface area contributed by atoms with Gasteiger partial charge in [-0.15, -0.1) is 0 Å². The molecule has 110 valence electrons. The van der Waals surface area contributed by atoms with Crippen LogP contribution in [0.15, 0.2) is 0 Å². The van der Waals surface area contributed by atoms with E-state index in [4.69, 9.17) is 15.2 Å². The number of ether oxygens (including phenoxy) is 2. The fraction of sp³-hybridized carbons (Fsp3) is 0.571. The molecule has 0 bridgehead atoms. The molecule has 2 N–H and O–H groups in total. The van der Waals surface area contributed by atoms with E-state index >= 15 is 0 Å². The average molecular weight is 287 g/mol. The van der Waals surface area contributed by atoms with Crippen molar-refractivity contribution in [3.8, 4) is 11.5 Å². The van der Waals surface area contributed by atoms with Gasteiger partial charge in [-0.2, -0.15) is 13.2 Å². The Morgan fingerprint density at radius 2 is 1.70 bits per heavy atom. The minimum atomic E-state index is -4.42. The molecule has 20 heavy (non-hydrogen) atoms. The quantitative estimate of drug-likeness (QED) is 0.908. The Morgan fingerprint density at radius 1 is 1.10 bits per heavy atom. The molecule has 0 saturated carbocycles. The van der Waals surface area contributed by atoms with Crippen molar-refractivity contribution in [2.75, 3.05) is 13.2 Å². The number of rotatable bonds is 2. The van der Waals surface area contributed by atoms with Crippen LogP contribution >= 0.6 is 0 Å². The molecular formula is C14H16F3NO2. The maximum Gasteiger partial charge on any atom is 0.420 e. The first-order chi connectivity index (χ1) is 9.39. The third kappa shape index (κ3) is 2.02. The Balaban J connectivity index is 2.26. The highest BCUT2D eigenvalue weighted by Crippen LogP contribution is 2.50. The summed E-state index contributed by atoms with van der Waals surface area (Å²) in [5, 5.41) is 0. The van der Waals surface area contributed by atoms with Crippen molar-refractivity contribution in [3.63, 3.8) is 0 Å². The van der Waals surface area contributed by atoms with E-state index in [1.807, 2.05) is 6.92 Å². The van der Waals surface area contributed by atoms with Crippen molar-refractivity contribution >= 4 is 0 Å². The van der Waals surface area contributed by atoms with Gasteiger partial charge in [0.05, 0.1) is 13.2 Å². The Hall–Kier alpha value is -1.43. The maximum atomic E-state index is 13.3. The number of benzene rings is 1. The van der Waals surface area contributed by atoms with Crippen molar-refractivity contribution < 1.29 is 22.6 Å². The first-order valence-corrected chi connectivity index (χ1v) is 6.68. The second-order valence-corrected chi connectivity index (χ2v) is 5.34. The van der Waals surface area contributed by atoms with Gasteiger partial charge in [0.15, 0.2) is 0 Å². The highest BCUT2D eigenvalue weighted by Gasteiger charge is 2.43. The van der Waals surface area contributed by atoms with Crippen LogP contribution in [0.4, 0.5) is 13.2 Å². The van der Waals surface area contributed by atoms with Gasteiger partial charge in [0.1, 0.15) is 17.1 Å². The number of halogens is 3. The fourth-order valence-electron chi connectivity index (χ4n) is 3.04. The number of fused-ring (bicyclic) bond motifs is 2. The fourth-order valence-corrected chi connectivity index (χ4v) is 3.04. The van der Waals surface area contributed by atoms with Crippen LogP contribution in [0.2, 0.25) is 0 Å². The summed E-state index contributed by atoms with van der Waals surface area (Å²) in [5.41, 5.74) is 6.82. The predicted molar refractivity (Wildman–Crippen MR) is 67.2 cm³/mol. The molecule has 1 aromatic rings. The lowest BCUT2D eigenvalue weighted by molar-refractivity contribution is -0.139. The topological polar surface area (TPSA) is 44.5 Å². The van der Waals surface area contributed by atoms with E-state index in [9.17, 15) is 13.2 Å². The average Bonchev–Trinajstić information content (AvgIpc) is 2.93. The van der Waals surface area contributed by atoms with Crippen molar-refractivity contribution in [2.45, 2.75) is 38.4 Å². The van der Waals surface area contributed by atoms with Crippen LogP contribution in [-0.4, -0.2) is 19.3 Å². The van der Waals surface area contributed by atoms with Crippen LogP contribution in [0, 0.1) is 0 Å². The smallest absolute Gasteiger partial charge is 0.420 e. The van der Waals surface area contributed by atoms with Crippen LogP contribution in [0.1, 0.15) is 29.2 Å². The van der Waals surface area contributed by atoms with Gasteiger partial charge in [0, 0.05) is 35.6 Å². The zero-order chi connectivity index (χ0) is 14.5. The standard InChI is InChI=1S/C14H16F3NO2/c1-7(18)6-10-8-2-4-20-13(8)11(14(15,16)17)9-3-5-19-12(9)10/h7H,2-6,18H2,1H3. The summed E-state index contributed by atoms with van der Waals surface area (Å²) in [6.07, 6.45) is -3.16. The minimum absolute atomic E-state index is 0.00241. The summed E-state index contributed by atoms with van der Waals surface area (Å²) in [7, 11) is 0. The first kappa shape index (κ1) is 13.5. The molecule has 0 aromatic heterocycles. The molecule has 3 rings (SSSR count). The molecule has 6 heteroatoms. The van der Waals surface area contributed by atoms with Crippen molar-refractivity contribution in [1.82, 2.24) is 0 Å². The highest BCUT2D eigenvalue weighted by molar-refractivity contribution is 5.63. The van der Waals surface area contributed by atoms with Gasteiger partial charge >= 0.3 is 6.18 Å². The third-order valence-electron chi connectivity index (χ3n) is 3.72. The van der Waals surface area contributed by atoms with E-state index in [1.165, 1.54) is 0 Å². The van der Waals surface area contributed by atoms with Gasteiger partial charge in [-0.1, -0.05) is 0 Å². The van der Waals surface area contributed by atoms with E-state index < -0.39 is 11.7 Å². The summed E-state index contributed by atoms with van der Waals surface area (Å²) >= 11 is 0. The summed E-state index contributed by atoms with van der Waals surface area (Å²) in [4.78, 5) is 0. The van der Waals surface area contributed by atoms with E-state index in [0.29, 0.717) is 24.2 Å². The van der Waals surface area contributed by atoms with Crippen LogP contribution in [0.5, 0.6) is 11.5 Å². The predicted octanol–water partition coefficient (Wildman–Crippen LogP) is 2.46. The Labute approximate surface area is 114 Å². The molecule has 0 spiro atoms. The van der Waals surface area contributed by atoms with Crippen LogP contribution in [0.25, 0.3) is 0 Å². The molecule has 0 fully saturated rings. The lowest BCUT2D eigenvalue weighted by Crippen LogP contribution is -2.20. The Bertz CT molecular complexity index is 517. The molecule has 0 radical (unpaired) electrons. The Morgan fingerprint density at radius 3 is 2.30 bits per heavy atom. The molecule has 1 unspecified atom stereocenters. The molecule has 0 saturated heterocycles. The molecule has 0 aliphatic carbocycles. The second-order valence-electron chi connectivity index (χ2n) is 5.34. The molecule has 2 aliphatic rings. The largest absolute Gasteiger partial charge is 0.493 e. The summed E-state index contributed by atoms with van der Waals surface area (Å²) in [6.45, 7) is 2.40. The highest BCUT2D eigenvalue weighted by atomic mass is 19.4. The summed E-state index contributed by atoms with van der Waals surface area (Å²) in [6, 6.07) is -0.135. The molecule has 1 atom stereocenters. The number of hydrogen-bond acceptors (Lipinski definition) is 3. The summed E-state index contributed by atoms with van der Waals surface area (Å²) < 4.78 is 50.8. The van der Waals surface area contributed by atoms with Crippen molar-refractivity contribution in [2.24, 2.45) is 5.73 Å². The Kier molecular flexibility index (Phi) is 3.08.